The maximum absolute atomic E-state index is 9.84. The monoisotopic (exact) mass is 226 g/mol. The summed E-state index contributed by atoms with van der Waals surface area (Å²) in [4.78, 5) is 0. The third kappa shape index (κ3) is 1.86. The Hall–Kier alpha value is -1.96. The number of hydrogen-bond acceptors (Lipinski definition) is 2. The van der Waals surface area contributed by atoms with Gasteiger partial charge in [-0.1, -0.05) is 24.3 Å². The topological polar surface area (TPSA) is 29.5 Å². The highest BCUT2D eigenvalue weighted by atomic mass is 16.5. The number of benzene rings is 2. The Balaban J connectivity index is 2.07. The van der Waals surface area contributed by atoms with Crippen molar-refractivity contribution < 1.29 is 9.84 Å². The van der Waals surface area contributed by atoms with Crippen molar-refractivity contribution in [3.63, 3.8) is 0 Å². The summed E-state index contributed by atoms with van der Waals surface area (Å²) in [5.74, 6) is 1.31. The van der Waals surface area contributed by atoms with Gasteiger partial charge in [0.05, 0.1) is 6.61 Å². The predicted molar refractivity (Wildman–Crippen MR) is 67.4 cm³/mol. The van der Waals surface area contributed by atoms with Crippen LogP contribution in [-0.2, 0) is 6.42 Å². The predicted octanol–water partition coefficient (Wildman–Crippen LogP) is 3.38. The van der Waals surface area contributed by atoms with Crippen molar-refractivity contribution in [1.29, 1.82) is 0 Å². The molecule has 0 bridgehead atoms. The molecule has 0 radical (unpaired) electrons. The quantitative estimate of drug-likeness (QED) is 0.807. The largest absolute Gasteiger partial charge is 0.507 e. The SMILES string of the molecule is Oc1ccccc1-c1ccc2c(c1)CCCO2. The van der Waals surface area contributed by atoms with Gasteiger partial charge in [0.1, 0.15) is 11.5 Å². The standard InChI is InChI=1S/C15H14O2/c16-14-6-2-1-5-13(14)11-7-8-15-12(10-11)4-3-9-17-15/h1-2,5-8,10,16H,3-4,9H2. The first-order valence-electron chi connectivity index (χ1n) is 5.89. The van der Waals surface area contributed by atoms with E-state index in [9.17, 15) is 5.11 Å². The van der Waals surface area contributed by atoms with Gasteiger partial charge >= 0.3 is 0 Å². The molecular formula is C15H14O2. The molecule has 17 heavy (non-hydrogen) atoms. The van der Waals surface area contributed by atoms with Gasteiger partial charge in [-0.25, -0.2) is 0 Å². The van der Waals surface area contributed by atoms with E-state index >= 15 is 0 Å². The van der Waals surface area contributed by atoms with Crippen molar-refractivity contribution in [3.8, 4) is 22.6 Å². The number of hydrogen-bond donors (Lipinski definition) is 1. The van der Waals surface area contributed by atoms with Gasteiger partial charge in [-0.05, 0) is 42.2 Å². The van der Waals surface area contributed by atoms with Crippen molar-refractivity contribution in [2.75, 3.05) is 6.61 Å². The van der Waals surface area contributed by atoms with Crippen LogP contribution in [-0.4, -0.2) is 11.7 Å². The van der Waals surface area contributed by atoms with Crippen molar-refractivity contribution >= 4 is 0 Å². The Morgan fingerprint density at radius 3 is 2.82 bits per heavy atom. The summed E-state index contributed by atoms with van der Waals surface area (Å²) in [5, 5.41) is 9.84. The highest BCUT2D eigenvalue weighted by Crippen LogP contribution is 2.33. The van der Waals surface area contributed by atoms with Crippen LogP contribution in [0.15, 0.2) is 42.5 Å². The number of ether oxygens (including phenoxy) is 1. The summed E-state index contributed by atoms with van der Waals surface area (Å²) in [5.41, 5.74) is 3.16. The molecule has 1 aliphatic rings. The van der Waals surface area contributed by atoms with Crippen LogP contribution in [0.2, 0.25) is 0 Å². The number of aromatic hydroxyl groups is 1. The normalized spacial score (nSPS) is 13.9. The van der Waals surface area contributed by atoms with Crippen LogP contribution in [0, 0.1) is 0 Å². The van der Waals surface area contributed by atoms with Gasteiger partial charge in [-0.15, -0.1) is 0 Å². The van der Waals surface area contributed by atoms with Crippen molar-refractivity contribution in [2.24, 2.45) is 0 Å². The Labute approximate surface area is 100 Å². The Kier molecular flexibility index (Phi) is 2.48. The molecule has 0 unspecified atom stereocenters. The summed E-state index contributed by atoms with van der Waals surface area (Å²) >= 11 is 0. The first-order valence-corrected chi connectivity index (χ1v) is 5.89. The van der Waals surface area contributed by atoms with E-state index in [1.165, 1.54) is 5.56 Å². The minimum atomic E-state index is 0.323. The molecule has 2 heteroatoms. The summed E-state index contributed by atoms with van der Waals surface area (Å²) in [7, 11) is 0. The van der Waals surface area contributed by atoms with Crippen LogP contribution < -0.4 is 4.74 Å². The molecule has 2 aromatic carbocycles. The van der Waals surface area contributed by atoms with E-state index in [1.54, 1.807) is 6.07 Å². The molecule has 0 saturated heterocycles. The number of rotatable bonds is 1. The second-order valence-electron chi connectivity index (χ2n) is 4.29. The smallest absolute Gasteiger partial charge is 0.123 e. The van der Waals surface area contributed by atoms with Gasteiger partial charge in [0, 0.05) is 5.56 Å². The molecule has 2 aromatic rings. The number of aryl methyl sites for hydroxylation is 1. The van der Waals surface area contributed by atoms with Crippen LogP contribution >= 0.6 is 0 Å². The Morgan fingerprint density at radius 2 is 1.94 bits per heavy atom. The van der Waals surface area contributed by atoms with E-state index < -0.39 is 0 Å². The van der Waals surface area contributed by atoms with Crippen LogP contribution in [0.1, 0.15) is 12.0 Å². The lowest BCUT2D eigenvalue weighted by atomic mass is 9.98. The fraction of sp³-hybridized carbons (Fsp3) is 0.200. The van der Waals surface area contributed by atoms with Crippen LogP contribution in [0.25, 0.3) is 11.1 Å². The minimum absolute atomic E-state index is 0.323. The summed E-state index contributed by atoms with van der Waals surface area (Å²) in [6.45, 7) is 0.808. The third-order valence-corrected chi connectivity index (χ3v) is 3.12. The van der Waals surface area contributed by atoms with Gasteiger partial charge in [0.15, 0.2) is 0 Å². The molecule has 0 aliphatic carbocycles. The van der Waals surface area contributed by atoms with E-state index in [2.05, 4.69) is 6.07 Å². The zero-order valence-corrected chi connectivity index (χ0v) is 9.52. The second-order valence-corrected chi connectivity index (χ2v) is 4.29. The van der Waals surface area contributed by atoms with Crippen LogP contribution in [0.5, 0.6) is 11.5 Å². The lowest BCUT2D eigenvalue weighted by Crippen LogP contribution is -2.07. The molecule has 86 valence electrons. The molecule has 1 N–H and O–H groups in total. The van der Waals surface area contributed by atoms with Gasteiger partial charge in [0.2, 0.25) is 0 Å². The molecule has 1 heterocycles. The van der Waals surface area contributed by atoms with E-state index in [4.69, 9.17) is 4.74 Å². The van der Waals surface area contributed by atoms with Gasteiger partial charge < -0.3 is 9.84 Å². The molecule has 0 atom stereocenters. The maximum atomic E-state index is 9.84. The van der Waals surface area contributed by atoms with Gasteiger partial charge in [-0.3, -0.25) is 0 Å². The first kappa shape index (κ1) is 10.2. The third-order valence-electron chi connectivity index (χ3n) is 3.12. The first-order chi connectivity index (χ1) is 8.34. The summed E-state index contributed by atoms with van der Waals surface area (Å²) in [6, 6.07) is 13.5. The molecule has 1 aliphatic heterocycles. The zero-order chi connectivity index (χ0) is 11.7. The van der Waals surface area contributed by atoms with Crippen molar-refractivity contribution in [3.05, 3.63) is 48.0 Å². The lowest BCUT2D eigenvalue weighted by molar-refractivity contribution is 0.288. The number of phenolic OH excluding ortho intramolecular Hbond substituents is 1. The summed E-state index contributed by atoms with van der Waals surface area (Å²) < 4.78 is 5.58. The van der Waals surface area contributed by atoms with Crippen LogP contribution in [0.3, 0.4) is 0 Å². The van der Waals surface area contributed by atoms with E-state index in [0.717, 1.165) is 36.3 Å². The molecule has 0 aromatic heterocycles. The molecule has 0 amide bonds. The number of fused-ring (bicyclic) bond motifs is 1. The molecule has 0 fully saturated rings. The van der Waals surface area contributed by atoms with E-state index in [1.807, 2.05) is 30.3 Å². The van der Waals surface area contributed by atoms with Crippen LogP contribution in [0.4, 0.5) is 0 Å². The molecule has 3 rings (SSSR count). The molecule has 0 saturated carbocycles. The Bertz CT molecular complexity index is 546. The van der Waals surface area contributed by atoms with Crippen molar-refractivity contribution in [2.45, 2.75) is 12.8 Å². The van der Waals surface area contributed by atoms with Gasteiger partial charge in [0.25, 0.3) is 0 Å². The molecular weight excluding hydrogens is 212 g/mol. The highest BCUT2D eigenvalue weighted by Gasteiger charge is 2.12. The van der Waals surface area contributed by atoms with Gasteiger partial charge in [-0.2, -0.15) is 0 Å². The minimum Gasteiger partial charge on any atom is -0.507 e. The second kappa shape index (κ2) is 4.13. The fourth-order valence-corrected chi connectivity index (χ4v) is 2.25. The van der Waals surface area contributed by atoms with E-state index in [-0.39, 0.29) is 0 Å². The molecule has 2 nitrogen and oxygen atoms in total. The fourth-order valence-electron chi connectivity index (χ4n) is 2.25. The number of para-hydroxylation sites is 1. The number of phenols is 1. The highest BCUT2D eigenvalue weighted by molar-refractivity contribution is 5.71. The maximum Gasteiger partial charge on any atom is 0.123 e. The average molecular weight is 226 g/mol. The summed E-state index contributed by atoms with van der Waals surface area (Å²) in [6.07, 6.45) is 2.12. The van der Waals surface area contributed by atoms with E-state index in [0.29, 0.717) is 5.75 Å². The lowest BCUT2D eigenvalue weighted by Gasteiger charge is -2.18. The van der Waals surface area contributed by atoms with Crippen molar-refractivity contribution in [1.82, 2.24) is 0 Å². The average Bonchev–Trinajstić information content (AvgIpc) is 2.39. The Morgan fingerprint density at radius 1 is 1.06 bits per heavy atom. The molecule has 0 spiro atoms. The zero-order valence-electron chi connectivity index (χ0n) is 9.52.